The van der Waals surface area contributed by atoms with Gasteiger partial charge in [0.25, 0.3) is 5.91 Å². The Morgan fingerprint density at radius 1 is 0.923 bits per heavy atom. The van der Waals surface area contributed by atoms with Crippen molar-refractivity contribution in [1.29, 1.82) is 0 Å². The van der Waals surface area contributed by atoms with Crippen LogP contribution in [0.4, 0.5) is 0 Å². The van der Waals surface area contributed by atoms with Gasteiger partial charge in [-0.3, -0.25) is 4.79 Å². The largest absolute Gasteiger partial charge is 0.480 e. The number of rotatable bonds is 5. The molecule has 0 aliphatic carbocycles. The molecule has 0 radical (unpaired) electrons. The van der Waals surface area contributed by atoms with Crippen molar-refractivity contribution in [3.05, 3.63) is 102 Å². The predicted octanol–water partition coefficient (Wildman–Crippen LogP) is 4.09. The molecule has 3 aromatic carbocycles. The Balaban J connectivity index is 1.51. The van der Waals surface area contributed by atoms with Gasteiger partial charge in [-0.25, -0.2) is 0 Å². The van der Waals surface area contributed by atoms with Crippen LogP contribution in [-0.2, 0) is 17.6 Å². The van der Waals surface area contributed by atoms with E-state index in [1.807, 2.05) is 60.7 Å². The maximum atomic E-state index is 12.9. The van der Waals surface area contributed by atoms with E-state index in [9.17, 15) is 4.79 Å². The summed E-state index contributed by atoms with van der Waals surface area (Å²) < 4.78 is 5.84. The first-order valence-electron chi connectivity index (χ1n) is 8.93. The lowest BCUT2D eigenvalue weighted by Crippen LogP contribution is -2.40. The van der Waals surface area contributed by atoms with Gasteiger partial charge in [0, 0.05) is 6.42 Å². The average molecular weight is 343 g/mol. The Labute approximate surface area is 153 Å². The molecule has 0 bridgehead atoms. The second-order valence-corrected chi connectivity index (χ2v) is 6.58. The van der Waals surface area contributed by atoms with Crippen molar-refractivity contribution in [2.45, 2.75) is 25.0 Å². The smallest absolute Gasteiger partial charge is 0.261 e. The van der Waals surface area contributed by atoms with Gasteiger partial charge in [0.1, 0.15) is 5.75 Å². The van der Waals surface area contributed by atoms with Crippen LogP contribution < -0.4 is 10.1 Å². The fraction of sp³-hybridized carbons (Fsp3) is 0.174. The van der Waals surface area contributed by atoms with Gasteiger partial charge < -0.3 is 10.1 Å². The monoisotopic (exact) mass is 343 g/mol. The highest BCUT2D eigenvalue weighted by Gasteiger charge is 2.30. The molecule has 1 aliphatic heterocycles. The van der Waals surface area contributed by atoms with Crippen LogP contribution in [-0.4, -0.2) is 12.0 Å². The second-order valence-electron chi connectivity index (χ2n) is 6.58. The van der Waals surface area contributed by atoms with Gasteiger partial charge in [-0.15, -0.1) is 0 Å². The van der Waals surface area contributed by atoms with Gasteiger partial charge in [-0.05, 0) is 29.2 Å². The second kappa shape index (κ2) is 7.44. The first-order valence-corrected chi connectivity index (χ1v) is 8.93. The number of fused-ring (bicyclic) bond motifs is 1. The highest BCUT2D eigenvalue weighted by atomic mass is 16.5. The van der Waals surface area contributed by atoms with Gasteiger partial charge in [0.2, 0.25) is 0 Å². The van der Waals surface area contributed by atoms with Crippen LogP contribution in [0.15, 0.2) is 84.9 Å². The number of benzene rings is 3. The van der Waals surface area contributed by atoms with Crippen molar-refractivity contribution in [2.75, 3.05) is 0 Å². The van der Waals surface area contributed by atoms with Gasteiger partial charge in [0.05, 0.1) is 6.04 Å². The zero-order valence-corrected chi connectivity index (χ0v) is 14.5. The minimum absolute atomic E-state index is 0.0639. The van der Waals surface area contributed by atoms with Crippen LogP contribution >= 0.6 is 0 Å². The molecule has 3 nitrogen and oxygen atoms in total. The van der Waals surface area contributed by atoms with E-state index in [1.165, 1.54) is 5.56 Å². The summed E-state index contributed by atoms with van der Waals surface area (Å²) in [5.41, 5.74) is 3.38. The first kappa shape index (κ1) is 16.4. The van der Waals surface area contributed by atoms with E-state index in [2.05, 4.69) is 29.6 Å². The zero-order chi connectivity index (χ0) is 17.8. The number of ether oxygens (including phenoxy) is 1. The molecule has 1 N–H and O–H groups in total. The summed E-state index contributed by atoms with van der Waals surface area (Å²) in [7, 11) is 0. The summed E-state index contributed by atoms with van der Waals surface area (Å²) in [4.78, 5) is 12.9. The minimum Gasteiger partial charge on any atom is -0.480 e. The summed E-state index contributed by atoms with van der Waals surface area (Å²) >= 11 is 0. The standard InChI is InChI=1S/C23H21NO2/c25-23(22-16-19-13-7-8-14-21(19)26-22)24-20(18-11-5-2-6-12-18)15-17-9-3-1-4-10-17/h1-14,20,22H,15-16H2,(H,24,25)/t20-,22-/m0/s1. The molecule has 0 unspecified atom stereocenters. The third kappa shape index (κ3) is 3.62. The highest BCUT2D eigenvalue weighted by Crippen LogP contribution is 2.29. The van der Waals surface area contributed by atoms with E-state index >= 15 is 0 Å². The number of carbonyl (C=O) groups excluding carboxylic acids is 1. The molecular weight excluding hydrogens is 322 g/mol. The molecule has 3 heteroatoms. The van der Waals surface area contributed by atoms with Crippen LogP contribution in [0.25, 0.3) is 0 Å². The van der Waals surface area contributed by atoms with Crippen molar-refractivity contribution in [3.63, 3.8) is 0 Å². The number of carbonyl (C=O) groups is 1. The molecule has 0 aromatic heterocycles. The van der Waals surface area contributed by atoms with Gasteiger partial charge in [-0.2, -0.15) is 0 Å². The quantitative estimate of drug-likeness (QED) is 0.758. The summed E-state index contributed by atoms with van der Waals surface area (Å²) in [6, 6.07) is 28.1. The topological polar surface area (TPSA) is 38.3 Å². The Morgan fingerprint density at radius 2 is 1.58 bits per heavy atom. The third-order valence-corrected chi connectivity index (χ3v) is 4.74. The SMILES string of the molecule is O=C(N[C@@H](Cc1ccccc1)c1ccccc1)[C@@H]1Cc2ccccc2O1. The summed E-state index contributed by atoms with van der Waals surface area (Å²) in [5, 5.41) is 3.19. The molecule has 1 aliphatic rings. The fourth-order valence-electron chi connectivity index (χ4n) is 3.38. The van der Waals surface area contributed by atoms with Crippen molar-refractivity contribution < 1.29 is 9.53 Å². The molecule has 4 rings (SSSR count). The van der Waals surface area contributed by atoms with Crippen LogP contribution in [0, 0.1) is 0 Å². The Morgan fingerprint density at radius 3 is 2.31 bits per heavy atom. The lowest BCUT2D eigenvalue weighted by atomic mass is 9.98. The molecule has 26 heavy (non-hydrogen) atoms. The molecule has 130 valence electrons. The number of hydrogen-bond donors (Lipinski definition) is 1. The maximum Gasteiger partial charge on any atom is 0.261 e. The van der Waals surface area contributed by atoms with Crippen molar-refractivity contribution in [2.24, 2.45) is 0 Å². The molecule has 0 saturated carbocycles. The first-order chi connectivity index (χ1) is 12.8. The van der Waals surface area contributed by atoms with Crippen molar-refractivity contribution >= 4 is 5.91 Å². The summed E-state index contributed by atoms with van der Waals surface area (Å²) in [6.07, 6.45) is 0.903. The molecule has 0 saturated heterocycles. The Hall–Kier alpha value is -3.07. The van der Waals surface area contributed by atoms with E-state index in [-0.39, 0.29) is 11.9 Å². The van der Waals surface area contributed by atoms with Crippen LogP contribution in [0.1, 0.15) is 22.7 Å². The Kier molecular flexibility index (Phi) is 4.69. The molecule has 0 fully saturated rings. The maximum absolute atomic E-state index is 12.9. The normalized spacial score (nSPS) is 16.4. The van der Waals surface area contributed by atoms with Gasteiger partial charge in [0.15, 0.2) is 6.10 Å². The van der Waals surface area contributed by atoms with Crippen molar-refractivity contribution in [3.8, 4) is 5.75 Å². The Bertz CT molecular complexity index is 852. The van der Waals surface area contributed by atoms with E-state index in [1.54, 1.807) is 0 Å². The van der Waals surface area contributed by atoms with Gasteiger partial charge in [-0.1, -0.05) is 78.9 Å². The van der Waals surface area contributed by atoms with Crippen LogP contribution in [0.2, 0.25) is 0 Å². The highest BCUT2D eigenvalue weighted by molar-refractivity contribution is 5.83. The van der Waals surface area contributed by atoms with Gasteiger partial charge >= 0.3 is 0 Å². The molecule has 2 atom stereocenters. The predicted molar refractivity (Wildman–Crippen MR) is 102 cm³/mol. The zero-order valence-electron chi connectivity index (χ0n) is 14.5. The lowest BCUT2D eigenvalue weighted by molar-refractivity contribution is -0.128. The van der Waals surface area contributed by atoms with Crippen LogP contribution in [0.3, 0.4) is 0 Å². The average Bonchev–Trinajstić information content (AvgIpc) is 3.13. The number of nitrogens with one attached hydrogen (secondary N) is 1. The number of para-hydroxylation sites is 1. The summed E-state index contributed by atoms with van der Waals surface area (Å²) in [5.74, 6) is 0.748. The molecule has 1 amide bonds. The van der Waals surface area contributed by atoms with Crippen LogP contribution in [0.5, 0.6) is 5.75 Å². The summed E-state index contributed by atoms with van der Waals surface area (Å²) in [6.45, 7) is 0. The molecule has 0 spiro atoms. The fourth-order valence-corrected chi connectivity index (χ4v) is 3.38. The molecule has 3 aromatic rings. The molecule has 1 heterocycles. The van der Waals surface area contributed by atoms with E-state index in [4.69, 9.17) is 4.74 Å². The number of hydrogen-bond acceptors (Lipinski definition) is 2. The van der Waals surface area contributed by atoms with E-state index in [0.29, 0.717) is 6.42 Å². The number of amides is 1. The van der Waals surface area contributed by atoms with E-state index < -0.39 is 6.10 Å². The third-order valence-electron chi connectivity index (χ3n) is 4.74. The lowest BCUT2D eigenvalue weighted by Gasteiger charge is -2.21. The van der Waals surface area contributed by atoms with Crippen molar-refractivity contribution in [1.82, 2.24) is 5.32 Å². The molecular formula is C23H21NO2. The minimum atomic E-state index is -0.464. The van der Waals surface area contributed by atoms with E-state index in [0.717, 1.165) is 23.3 Å².